The number of H-pyrrole nitrogens is 1. The second kappa shape index (κ2) is 2.60. The van der Waals surface area contributed by atoms with Gasteiger partial charge in [0.05, 0.1) is 6.33 Å². The van der Waals surface area contributed by atoms with E-state index >= 15 is 0 Å². The zero-order chi connectivity index (χ0) is 11.5. The fourth-order valence-electron chi connectivity index (χ4n) is 1.76. The smallest absolute Gasteiger partial charge is 0.283 e. The van der Waals surface area contributed by atoms with Crippen LogP contribution in [0.5, 0.6) is 0 Å². The number of aromatic amines is 1. The Balaban J connectivity index is 2.39. The van der Waals surface area contributed by atoms with Crippen LogP contribution < -0.4 is 10.9 Å². The van der Waals surface area contributed by atoms with Crippen molar-refractivity contribution in [3.8, 4) is 0 Å². The molecule has 2 atom stereocenters. The first-order valence-corrected chi connectivity index (χ1v) is 4.65. The average molecular weight is 223 g/mol. The van der Waals surface area contributed by atoms with Crippen LogP contribution in [0.4, 0.5) is 5.95 Å². The van der Waals surface area contributed by atoms with E-state index in [1.165, 1.54) is 13.3 Å². The van der Waals surface area contributed by atoms with Crippen LogP contribution in [0.1, 0.15) is 13.2 Å². The van der Waals surface area contributed by atoms with Crippen molar-refractivity contribution < 1.29 is 10.2 Å². The lowest BCUT2D eigenvalue weighted by Gasteiger charge is -2.20. The van der Waals surface area contributed by atoms with E-state index in [4.69, 9.17) is 0 Å². The Morgan fingerprint density at radius 2 is 2.38 bits per heavy atom. The van der Waals surface area contributed by atoms with Crippen molar-refractivity contribution in [2.75, 3.05) is 5.32 Å². The fraction of sp³-hybridized carbons (Fsp3) is 0.375. The Morgan fingerprint density at radius 1 is 1.62 bits per heavy atom. The van der Waals surface area contributed by atoms with Crippen molar-refractivity contribution in [3.63, 3.8) is 0 Å². The third kappa shape index (κ3) is 0.969. The molecule has 0 radical (unpaired) electrons. The summed E-state index contributed by atoms with van der Waals surface area (Å²) in [6.45, 7) is 1.35. The molecular formula is C8H9N5O3. The third-order valence-electron chi connectivity index (χ3n) is 2.60. The minimum atomic E-state index is -1.61. The summed E-state index contributed by atoms with van der Waals surface area (Å²) >= 11 is 0. The van der Waals surface area contributed by atoms with Crippen LogP contribution in [0.3, 0.4) is 0 Å². The maximum Gasteiger partial charge on any atom is 0.283 e. The predicted molar refractivity (Wildman–Crippen MR) is 53.7 cm³/mol. The Kier molecular flexibility index (Phi) is 1.51. The van der Waals surface area contributed by atoms with Crippen molar-refractivity contribution in [1.29, 1.82) is 0 Å². The molecule has 4 N–H and O–H groups in total. The van der Waals surface area contributed by atoms with Crippen molar-refractivity contribution in [1.82, 2.24) is 19.5 Å². The van der Waals surface area contributed by atoms with E-state index in [-0.39, 0.29) is 17.1 Å². The summed E-state index contributed by atoms with van der Waals surface area (Å²) in [6.07, 6.45) is -0.0329. The minimum absolute atomic E-state index is 0.0992. The van der Waals surface area contributed by atoms with Crippen molar-refractivity contribution >= 4 is 17.1 Å². The number of fused-ring (bicyclic) bond motifs is 2. The molecule has 0 bridgehead atoms. The summed E-state index contributed by atoms with van der Waals surface area (Å²) in [4.78, 5) is 22.4. The van der Waals surface area contributed by atoms with Gasteiger partial charge >= 0.3 is 0 Å². The fourth-order valence-corrected chi connectivity index (χ4v) is 1.76. The highest BCUT2D eigenvalue weighted by Gasteiger charge is 2.41. The Morgan fingerprint density at radius 3 is 3.12 bits per heavy atom. The number of hydrogen-bond donors (Lipinski definition) is 4. The molecule has 2 aromatic rings. The molecule has 0 fully saturated rings. The van der Waals surface area contributed by atoms with Crippen molar-refractivity contribution in [3.05, 3.63) is 16.7 Å². The number of nitrogens with zero attached hydrogens (tertiary/aromatic N) is 3. The topological polar surface area (TPSA) is 116 Å². The quantitative estimate of drug-likeness (QED) is 0.443. The molecule has 0 saturated carbocycles. The standard InChI is InChI=1S/C8H9N5O3/c1-8(16)6(15)13-5(14)3-4(10-2-9-3)11-7(13)12-8/h2,6,15-16H,1H3,(H,9,10)(H,11,12). The molecule has 0 amide bonds. The molecule has 1 aliphatic heterocycles. The molecule has 3 rings (SSSR count). The number of imidazole rings is 1. The van der Waals surface area contributed by atoms with Gasteiger partial charge in [0.25, 0.3) is 5.56 Å². The number of aliphatic hydroxyl groups excluding tert-OH is 1. The normalized spacial score (nSPS) is 28.1. The van der Waals surface area contributed by atoms with Gasteiger partial charge in [-0.1, -0.05) is 0 Å². The summed E-state index contributed by atoms with van der Waals surface area (Å²) in [5.74, 6) is 0.0992. The van der Waals surface area contributed by atoms with Gasteiger partial charge < -0.3 is 20.5 Å². The molecule has 16 heavy (non-hydrogen) atoms. The summed E-state index contributed by atoms with van der Waals surface area (Å²) in [6, 6.07) is 0. The van der Waals surface area contributed by atoms with E-state index in [2.05, 4.69) is 20.3 Å². The van der Waals surface area contributed by atoms with Crippen molar-refractivity contribution in [2.24, 2.45) is 0 Å². The van der Waals surface area contributed by atoms with Crippen LogP contribution in [0.2, 0.25) is 0 Å². The Hall–Kier alpha value is -1.93. The number of anilines is 1. The number of rotatable bonds is 0. The van der Waals surface area contributed by atoms with Gasteiger partial charge in [-0.25, -0.2) is 9.55 Å². The van der Waals surface area contributed by atoms with Gasteiger partial charge in [-0.05, 0) is 6.92 Å². The van der Waals surface area contributed by atoms with Gasteiger partial charge in [-0.15, -0.1) is 0 Å². The third-order valence-corrected chi connectivity index (χ3v) is 2.60. The highest BCUT2D eigenvalue weighted by atomic mass is 16.4. The van der Waals surface area contributed by atoms with Crippen molar-refractivity contribution in [2.45, 2.75) is 18.9 Å². The van der Waals surface area contributed by atoms with Crippen LogP contribution in [0.25, 0.3) is 11.2 Å². The molecule has 84 valence electrons. The highest BCUT2D eigenvalue weighted by molar-refractivity contribution is 5.70. The van der Waals surface area contributed by atoms with Gasteiger partial charge in [0.1, 0.15) is 0 Å². The first kappa shape index (κ1) is 9.31. The summed E-state index contributed by atoms with van der Waals surface area (Å²) in [5.41, 5.74) is -1.65. The highest BCUT2D eigenvalue weighted by Crippen LogP contribution is 2.30. The van der Waals surface area contributed by atoms with Gasteiger partial charge in [-0.2, -0.15) is 4.98 Å². The Bertz CT molecular complexity index is 628. The molecule has 3 heterocycles. The first-order chi connectivity index (χ1) is 7.50. The molecule has 8 nitrogen and oxygen atoms in total. The van der Waals surface area contributed by atoms with E-state index in [1.807, 2.05) is 0 Å². The van der Waals surface area contributed by atoms with E-state index in [1.54, 1.807) is 0 Å². The maximum absolute atomic E-state index is 11.9. The largest absolute Gasteiger partial charge is 0.369 e. The molecule has 2 unspecified atom stereocenters. The molecule has 2 aromatic heterocycles. The SMILES string of the molecule is CC1(O)Nc2nc3nc[nH]c3c(=O)n2C1O. The number of aromatic nitrogens is 4. The molecule has 0 spiro atoms. The molecule has 0 aromatic carbocycles. The monoisotopic (exact) mass is 223 g/mol. The van der Waals surface area contributed by atoms with Gasteiger partial charge in [0, 0.05) is 0 Å². The summed E-state index contributed by atoms with van der Waals surface area (Å²) < 4.78 is 0.987. The number of hydrogen-bond acceptors (Lipinski definition) is 6. The molecular weight excluding hydrogens is 214 g/mol. The maximum atomic E-state index is 11.9. The lowest BCUT2D eigenvalue weighted by Crippen LogP contribution is -2.38. The zero-order valence-corrected chi connectivity index (χ0v) is 8.30. The molecule has 0 saturated heterocycles. The Labute approximate surface area is 88.6 Å². The second-order valence-corrected chi connectivity index (χ2v) is 3.86. The number of aliphatic hydroxyl groups is 2. The lowest BCUT2D eigenvalue weighted by atomic mass is 10.2. The predicted octanol–water partition coefficient (Wildman–Crippen LogP) is -1.26. The van der Waals surface area contributed by atoms with Crippen LogP contribution in [-0.4, -0.2) is 35.5 Å². The average Bonchev–Trinajstić information content (AvgIpc) is 2.72. The summed E-state index contributed by atoms with van der Waals surface area (Å²) in [5, 5.41) is 22.1. The van der Waals surface area contributed by atoms with Crippen LogP contribution in [0, 0.1) is 0 Å². The zero-order valence-electron chi connectivity index (χ0n) is 8.30. The van der Waals surface area contributed by atoms with E-state index < -0.39 is 17.5 Å². The molecule has 1 aliphatic rings. The first-order valence-electron chi connectivity index (χ1n) is 4.65. The van der Waals surface area contributed by atoms with Crippen LogP contribution in [0.15, 0.2) is 11.1 Å². The molecule has 8 heteroatoms. The van der Waals surface area contributed by atoms with E-state index in [0.29, 0.717) is 0 Å². The van der Waals surface area contributed by atoms with E-state index in [9.17, 15) is 15.0 Å². The van der Waals surface area contributed by atoms with Gasteiger partial charge in [0.2, 0.25) is 5.95 Å². The minimum Gasteiger partial charge on any atom is -0.369 e. The van der Waals surface area contributed by atoms with Crippen LogP contribution >= 0.6 is 0 Å². The van der Waals surface area contributed by atoms with Gasteiger partial charge in [-0.3, -0.25) is 4.79 Å². The lowest BCUT2D eigenvalue weighted by molar-refractivity contribution is -0.0675. The van der Waals surface area contributed by atoms with E-state index in [0.717, 1.165) is 4.57 Å². The summed E-state index contributed by atoms with van der Waals surface area (Å²) in [7, 11) is 0. The van der Waals surface area contributed by atoms with Crippen LogP contribution in [-0.2, 0) is 0 Å². The second-order valence-electron chi connectivity index (χ2n) is 3.86. The van der Waals surface area contributed by atoms with Gasteiger partial charge in [0.15, 0.2) is 23.1 Å². The molecule has 0 aliphatic carbocycles. The number of nitrogens with one attached hydrogen (secondary N) is 2.